The SMILES string of the molecule is O=C1CN(C2CC2C(=O)O)c2cc(Br)ccc2N1. The highest BCUT2D eigenvalue weighted by Gasteiger charge is 2.49. The third kappa shape index (κ3) is 1.86. The number of halogens is 1. The first kappa shape index (κ1) is 11.5. The molecule has 0 spiro atoms. The minimum atomic E-state index is -0.789. The number of carbonyl (C=O) groups excluding carboxylic acids is 1. The lowest BCUT2D eigenvalue weighted by atomic mass is 10.2. The first-order valence-corrected chi connectivity index (χ1v) is 6.44. The lowest BCUT2D eigenvalue weighted by Gasteiger charge is -2.31. The Kier molecular flexibility index (Phi) is 2.55. The molecule has 18 heavy (non-hydrogen) atoms. The third-order valence-corrected chi connectivity index (χ3v) is 3.82. The largest absolute Gasteiger partial charge is 0.481 e. The van der Waals surface area contributed by atoms with Gasteiger partial charge in [0.25, 0.3) is 0 Å². The molecule has 3 rings (SSSR count). The number of anilines is 2. The molecule has 5 nitrogen and oxygen atoms in total. The fraction of sp³-hybridized carbons (Fsp3) is 0.333. The van der Waals surface area contributed by atoms with Crippen LogP contribution in [0.25, 0.3) is 0 Å². The van der Waals surface area contributed by atoms with Gasteiger partial charge < -0.3 is 15.3 Å². The van der Waals surface area contributed by atoms with Gasteiger partial charge in [-0.1, -0.05) is 15.9 Å². The summed E-state index contributed by atoms with van der Waals surface area (Å²) in [6.07, 6.45) is 0.606. The molecule has 94 valence electrons. The van der Waals surface area contributed by atoms with Crippen molar-refractivity contribution in [3.8, 4) is 0 Å². The summed E-state index contributed by atoms with van der Waals surface area (Å²) in [5.74, 6) is -1.24. The van der Waals surface area contributed by atoms with Crippen molar-refractivity contribution < 1.29 is 14.7 Å². The van der Waals surface area contributed by atoms with Crippen LogP contribution in [-0.2, 0) is 9.59 Å². The van der Waals surface area contributed by atoms with Crippen molar-refractivity contribution in [3.63, 3.8) is 0 Å². The number of nitrogens with zero attached hydrogens (tertiary/aromatic N) is 1. The Morgan fingerprint density at radius 1 is 1.50 bits per heavy atom. The maximum Gasteiger partial charge on any atom is 0.308 e. The molecule has 1 aromatic carbocycles. The highest BCUT2D eigenvalue weighted by Crippen LogP contribution is 2.43. The van der Waals surface area contributed by atoms with E-state index in [0.29, 0.717) is 6.42 Å². The topological polar surface area (TPSA) is 69.6 Å². The number of rotatable bonds is 2. The smallest absolute Gasteiger partial charge is 0.308 e. The molecule has 1 aromatic rings. The summed E-state index contributed by atoms with van der Waals surface area (Å²) >= 11 is 3.39. The molecule has 2 aliphatic rings. The minimum absolute atomic E-state index is 0.0680. The van der Waals surface area contributed by atoms with Gasteiger partial charge in [0.05, 0.1) is 23.8 Å². The summed E-state index contributed by atoms with van der Waals surface area (Å²) < 4.78 is 0.912. The average molecular weight is 311 g/mol. The monoisotopic (exact) mass is 310 g/mol. The Labute approximate surface area is 112 Å². The zero-order valence-electron chi connectivity index (χ0n) is 9.39. The zero-order valence-corrected chi connectivity index (χ0v) is 11.0. The molecule has 1 aliphatic carbocycles. The van der Waals surface area contributed by atoms with E-state index >= 15 is 0 Å². The van der Waals surface area contributed by atoms with Crippen LogP contribution in [0.15, 0.2) is 22.7 Å². The molecule has 6 heteroatoms. The summed E-state index contributed by atoms with van der Waals surface area (Å²) in [5.41, 5.74) is 1.63. The van der Waals surface area contributed by atoms with Crippen LogP contribution in [0.1, 0.15) is 6.42 Å². The maximum atomic E-state index is 11.6. The second-order valence-corrected chi connectivity index (χ2v) is 5.50. The second-order valence-electron chi connectivity index (χ2n) is 4.59. The van der Waals surface area contributed by atoms with Crippen molar-refractivity contribution >= 4 is 39.2 Å². The van der Waals surface area contributed by atoms with Gasteiger partial charge in [-0.05, 0) is 24.6 Å². The summed E-state index contributed by atoms with van der Waals surface area (Å²) in [6, 6.07) is 5.51. The van der Waals surface area contributed by atoms with E-state index in [-0.39, 0.29) is 24.4 Å². The fourth-order valence-electron chi connectivity index (χ4n) is 2.37. The van der Waals surface area contributed by atoms with Gasteiger partial charge in [-0.2, -0.15) is 0 Å². The molecule has 0 radical (unpaired) electrons. The number of carboxylic acids is 1. The highest BCUT2D eigenvalue weighted by molar-refractivity contribution is 9.10. The molecular formula is C12H11BrN2O3. The van der Waals surface area contributed by atoms with E-state index in [1.165, 1.54) is 0 Å². The molecule has 0 aromatic heterocycles. The van der Waals surface area contributed by atoms with Crippen molar-refractivity contribution in [2.24, 2.45) is 5.92 Å². The summed E-state index contributed by atoms with van der Waals surface area (Å²) in [7, 11) is 0. The molecule has 2 atom stereocenters. The van der Waals surface area contributed by atoms with E-state index in [9.17, 15) is 9.59 Å². The lowest BCUT2D eigenvalue weighted by molar-refractivity contribution is -0.138. The molecule has 1 saturated carbocycles. The summed E-state index contributed by atoms with van der Waals surface area (Å²) in [5, 5.41) is 11.8. The van der Waals surface area contributed by atoms with Crippen LogP contribution in [0.2, 0.25) is 0 Å². The van der Waals surface area contributed by atoms with Gasteiger partial charge in [0, 0.05) is 10.5 Å². The Morgan fingerprint density at radius 3 is 2.94 bits per heavy atom. The van der Waals surface area contributed by atoms with Crippen molar-refractivity contribution in [2.75, 3.05) is 16.8 Å². The molecule has 0 saturated heterocycles. The van der Waals surface area contributed by atoms with Crippen LogP contribution in [0.5, 0.6) is 0 Å². The fourth-order valence-corrected chi connectivity index (χ4v) is 2.71. The molecule has 1 amide bonds. The van der Waals surface area contributed by atoms with Crippen LogP contribution in [0.3, 0.4) is 0 Å². The summed E-state index contributed by atoms with van der Waals surface area (Å²) in [6.45, 7) is 0.220. The Balaban J connectivity index is 1.95. The van der Waals surface area contributed by atoms with E-state index in [2.05, 4.69) is 21.2 Å². The maximum absolute atomic E-state index is 11.6. The number of carboxylic acid groups (broad SMARTS) is 1. The van der Waals surface area contributed by atoms with E-state index in [1.807, 2.05) is 23.1 Å². The van der Waals surface area contributed by atoms with Gasteiger partial charge in [-0.25, -0.2) is 0 Å². The number of aliphatic carboxylic acids is 1. The number of fused-ring (bicyclic) bond motifs is 1. The number of hydrogen-bond acceptors (Lipinski definition) is 3. The minimum Gasteiger partial charge on any atom is -0.481 e. The van der Waals surface area contributed by atoms with Gasteiger partial charge in [-0.3, -0.25) is 9.59 Å². The molecule has 2 N–H and O–H groups in total. The van der Waals surface area contributed by atoms with Gasteiger partial charge in [-0.15, -0.1) is 0 Å². The van der Waals surface area contributed by atoms with E-state index in [0.717, 1.165) is 15.8 Å². The van der Waals surface area contributed by atoms with Crippen molar-refractivity contribution in [2.45, 2.75) is 12.5 Å². The van der Waals surface area contributed by atoms with Crippen molar-refractivity contribution in [3.05, 3.63) is 22.7 Å². The number of carbonyl (C=O) groups is 2. The quantitative estimate of drug-likeness (QED) is 0.872. The number of benzene rings is 1. The summed E-state index contributed by atoms with van der Waals surface area (Å²) in [4.78, 5) is 24.4. The molecule has 1 aliphatic heterocycles. The van der Waals surface area contributed by atoms with Gasteiger partial charge in [0.15, 0.2) is 0 Å². The van der Waals surface area contributed by atoms with E-state index in [1.54, 1.807) is 0 Å². The highest BCUT2D eigenvalue weighted by atomic mass is 79.9. The van der Waals surface area contributed by atoms with Crippen LogP contribution in [0, 0.1) is 5.92 Å². The predicted molar refractivity (Wildman–Crippen MR) is 69.6 cm³/mol. The standard InChI is InChI=1S/C12H11BrN2O3/c13-6-1-2-8-10(3-6)15(5-11(16)14-8)9-4-7(9)12(17)18/h1-3,7,9H,4-5H2,(H,14,16)(H,17,18). The van der Waals surface area contributed by atoms with Crippen LogP contribution < -0.4 is 10.2 Å². The van der Waals surface area contributed by atoms with Crippen molar-refractivity contribution in [1.82, 2.24) is 0 Å². The Morgan fingerprint density at radius 2 is 2.28 bits per heavy atom. The second kappa shape index (κ2) is 3.98. The average Bonchev–Trinajstić information content (AvgIpc) is 3.08. The Hall–Kier alpha value is -1.56. The predicted octanol–water partition coefficient (Wildman–Crippen LogP) is 1.68. The Bertz CT molecular complexity index is 546. The van der Waals surface area contributed by atoms with E-state index in [4.69, 9.17) is 5.11 Å². The normalized spacial score (nSPS) is 25.4. The van der Waals surface area contributed by atoms with Crippen LogP contribution in [-0.4, -0.2) is 29.6 Å². The first-order valence-electron chi connectivity index (χ1n) is 5.65. The van der Waals surface area contributed by atoms with Gasteiger partial charge >= 0.3 is 5.97 Å². The van der Waals surface area contributed by atoms with Crippen LogP contribution in [0.4, 0.5) is 11.4 Å². The molecular weight excluding hydrogens is 300 g/mol. The van der Waals surface area contributed by atoms with Crippen molar-refractivity contribution in [1.29, 1.82) is 0 Å². The molecule has 2 unspecified atom stereocenters. The molecule has 1 heterocycles. The van der Waals surface area contributed by atoms with E-state index < -0.39 is 5.97 Å². The molecule has 1 fully saturated rings. The number of nitrogens with one attached hydrogen (secondary N) is 1. The van der Waals surface area contributed by atoms with Gasteiger partial charge in [0.1, 0.15) is 0 Å². The third-order valence-electron chi connectivity index (χ3n) is 3.33. The number of hydrogen-bond donors (Lipinski definition) is 2. The van der Waals surface area contributed by atoms with Crippen LogP contribution >= 0.6 is 15.9 Å². The zero-order chi connectivity index (χ0) is 12.9. The molecule has 0 bridgehead atoms. The number of amides is 1. The first-order chi connectivity index (χ1) is 8.56. The van der Waals surface area contributed by atoms with Gasteiger partial charge in [0.2, 0.25) is 5.91 Å². The lowest BCUT2D eigenvalue weighted by Crippen LogP contribution is -2.40.